The fraction of sp³-hybridized carbons (Fsp3) is 0.400. The lowest BCUT2D eigenvalue weighted by molar-refractivity contribution is -0.385. The third kappa shape index (κ3) is 3.34. The molecule has 30 heavy (non-hydrogen) atoms. The first-order valence-electron chi connectivity index (χ1n) is 9.50. The Hall–Kier alpha value is -3.56. The molecule has 0 unspecified atom stereocenters. The number of amides is 3. The fourth-order valence-corrected chi connectivity index (χ4v) is 4.52. The number of hydrogen-bond donors (Lipinski definition) is 1. The maximum atomic E-state index is 12.5. The van der Waals surface area contributed by atoms with Crippen molar-refractivity contribution in [1.82, 2.24) is 4.90 Å². The van der Waals surface area contributed by atoms with Gasteiger partial charge in [0.05, 0.1) is 16.8 Å². The van der Waals surface area contributed by atoms with Crippen LogP contribution in [0.3, 0.4) is 0 Å². The summed E-state index contributed by atoms with van der Waals surface area (Å²) in [5.41, 5.74) is 0.483. The van der Waals surface area contributed by atoms with E-state index >= 15 is 0 Å². The highest BCUT2D eigenvalue weighted by molar-refractivity contribution is 6.08. The number of allylic oxidation sites excluding steroid dienone is 2. The van der Waals surface area contributed by atoms with Gasteiger partial charge in [-0.25, -0.2) is 0 Å². The smallest absolute Gasteiger partial charge is 0.326 e. The molecule has 10 nitrogen and oxygen atoms in total. The van der Waals surface area contributed by atoms with Crippen LogP contribution in [0, 0.1) is 40.7 Å². The average molecular weight is 413 g/mol. The van der Waals surface area contributed by atoms with Crippen LogP contribution < -0.4 is 5.32 Å². The second-order valence-electron chi connectivity index (χ2n) is 7.73. The van der Waals surface area contributed by atoms with Crippen LogP contribution in [0.2, 0.25) is 0 Å². The Morgan fingerprint density at radius 3 is 2.43 bits per heavy atom. The molecule has 1 aromatic carbocycles. The summed E-state index contributed by atoms with van der Waals surface area (Å²) in [6, 6.07) is 4.19. The molecule has 156 valence electrons. The molecule has 3 aliphatic rings. The first kappa shape index (κ1) is 19.7. The van der Waals surface area contributed by atoms with Crippen LogP contribution in [-0.4, -0.2) is 46.7 Å². The Balaban J connectivity index is 1.30. The van der Waals surface area contributed by atoms with Crippen LogP contribution >= 0.6 is 0 Å². The predicted molar refractivity (Wildman–Crippen MR) is 102 cm³/mol. The standard InChI is InChI=1S/C20H19N3O7/c1-10-2-5-13(7-14(10)23(28)29)21-15(24)9-30-16(25)8-22-19(26)17-11-3-4-12(6-11)18(17)20(22)27/h2-5,7,11-12,17-18H,6,8-9H2,1H3,(H,21,24)/t11-,12+,17-,18-/m0/s1. The van der Waals surface area contributed by atoms with Gasteiger partial charge in [0.2, 0.25) is 11.8 Å². The predicted octanol–water partition coefficient (Wildman–Crippen LogP) is 1.19. The number of aryl methyl sites for hydroxylation is 1. The Labute approximate surface area is 171 Å². The maximum absolute atomic E-state index is 12.5. The molecule has 1 heterocycles. The highest BCUT2D eigenvalue weighted by atomic mass is 16.6. The van der Waals surface area contributed by atoms with E-state index in [9.17, 15) is 29.3 Å². The van der Waals surface area contributed by atoms with Crippen LogP contribution in [0.25, 0.3) is 0 Å². The Kier molecular flexibility index (Phi) is 4.84. The lowest BCUT2D eigenvalue weighted by Gasteiger charge is -2.16. The third-order valence-corrected chi connectivity index (χ3v) is 5.90. The number of ether oxygens (including phenoxy) is 1. The van der Waals surface area contributed by atoms with Gasteiger partial charge in [0.25, 0.3) is 11.6 Å². The minimum absolute atomic E-state index is 0.0433. The molecule has 0 radical (unpaired) electrons. The van der Waals surface area contributed by atoms with Crippen molar-refractivity contribution in [3.63, 3.8) is 0 Å². The van der Waals surface area contributed by atoms with Crippen LogP contribution in [0.1, 0.15) is 12.0 Å². The average Bonchev–Trinajstić information content (AvgIpc) is 3.38. The molecule has 2 fully saturated rings. The van der Waals surface area contributed by atoms with Gasteiger partial charge >= 0.3 is 5.97 Å². The summed E-state index contributed by atoms with van der Waals surface area (Å²) in [7, 11) is 0. The number of benzene rings is 1. The maximum Gasteiger partial charge on any atom is 0.326 e. The number of nitrogens with one attached hydrogen (secondary N) is 1. The number of fused-ring (bicyclic) bond motifs is 5. The quantitative estimate of drug-likeness (QED) is 0.243. The summed E-state index contributed by atoms with van der Waals surface area (Å²) in [6.07, 6.45) is 4.71. The Morgan fingerprint density at radius 1 is 1.20 bits per heavy atom. The molecule has 2 bridgehead atoms. The molecular weight excluding hydrogens is 394 g/mol. The monoisotopic (exact) mass is 413 g/mol. The van der Waals surface area contributed by atoms with Gasteiger partial charge in [-0.15, -0.1) is 0 Å². The van der Waals surface area contributed by atoms with E-state index in [1.54, 1.807) is 6.92 Å². The Bertz CT molecular complexity index is 972. The lowest BCUT2D eigenvalue weighted by Crippen LogP contribution is -2.38. The zero-order valence-electron chi connectivity index (χ0n) is 16.1. The topological polar surface area (TPSA) is 136 Å². The van der Waals surface area contributed by atoms with Gasteiger partial charge in [0, 0.05) is 17.3 Å². The van der Waals surface area contributed by atoms with Gasteiger partial charge in [-0.05, 0) is 31.2 Å². The fourth-order valence-electron chi connectivity index (χ4n) is 4.52. The van der Waals surface area contributed by atoms with E-state index in [1.165, 1.54) is 18.2 Å². The number of hydrogen-bond acceptors (Lipinski definition) is 7. The molecular formula is C20H19N3O7. The van der Waals surface area contributed by atoms with Gasteiger partial charge in [0.1, 0.15) is 6.54 Å². The van der Waals surface area contributed by atoms with Crippen LogP contribution in [-0.2, 0) is 23.9 Å². The highest BCUT2D eigenvalue weighted by Crippen LogP contribution is 2.52. The number of anilines is 1. The third-order valence-electron chi connectivity index (χ3n) is 5.90. The summed E-state index contributed by atoms with van der Waals surface area (Å²) >= 11 is 0. The van der Waals surface area contributed by atoms with Gasteiger partial charge in [-0.3, -0.25) is 34.2 Å². The van der Waals surface area contributed by atoms with Crippen molar-refractivity contribution >= 4 is 35.1 Å². The number of carbonyl (C=O) groups is 4. The molecule has 1 aromatic rings. The molecule has 0 spiro atoms. The summed E-state index contributed by atoms with van der Waals surface area (Å²) < 4.78 is 4.88. The molecule has 1 saturated carbocycles. The number of imide groups is 1. The summed E-state index contributed by atoms with van der Waals surface area (Å²) in [4.78, 5) is 60.5. The number of likely N-dealkylation sites (tertiary alicyclic amines) is 1. The second-order valence-corrected chi connectivity index (χ2v) is 7.73. The first-order valence-corrected chi connectivity index (χ1v) is 9.50. The molecule has 1 N–H and O–H groups in total. The van der Waals surface area contributed by atoms with E-state index in [0.29, 0.717) is 5.56 Å². The molecule has 3 amide bonds. The normalized spacial score (nSPS) is 26.1. The Morgan fingerprint density at radius 2 is 1.83 bits per heavy atom. The molecule has 2 aliphatic carbocycles. The van der Waals surface area contributed by atoms with Crippen molar-refractivity contribution in [2.75, 3.05) is 18.5 Å². The molecule has 1 saturated heterocycles. The van der Waals surface area contributed by atoms with Crippen LogP contribution in [0.4, 0.5) is 11.4 Å². The van der Waals surface area contributed by atoms with Gasteiger partial charge < -0.3 is 10.1 Å². The molecule has 4 atom stereocenters. The summed E-state index contributed by atoms with van der Waals surface area (Å²) in [5, 5.41) is 13.4. The van der Waals surface area contributed by atoms with Crippen molar-refractivity contribution in [3.05, 3.63) is 46.0 Å². The van der Waals surface area contributed by atoms with Crippen molar-refractivity contribution < 1.29 is 28.8 Å². The summed E-state index contributed by atoms with van der Waals surface area (Å²) in [6.45, 7) is 0.395. The lowest BCUT2D eigenvalue weighted by atomic mass is 9.85. The highest BCUT2D eigenvalue weighted by Gasteiger charge is 2.59. The molecule has 10 heteroatoms. The van der Waals surface area contributed by atoms with Crippen molar-refractivity contribution in [2.45, 2.75) is 13.3 Å². The molecule has 4 rings (SSSR count). The van der Waals surface area contributed by atoms with E-state index in [0.717, 1.165) is 11.3 Å². The van der Waals surface area contributed by atoms with Crippen LogP contribution in [0.15, 0.2) is 30.4 Å². The van der Waals surface area contributed by atoms with Crippen molar-refractivity contribution in [3.8, 4) is 0 Å². The number of nitro groups is 1. The zero-order valence-corrected chi connectivity index (χ0v) is 16.1. The SMILES string of the molecule is Cc1ccc(NC(=O)COC(=O)CN2C(=O)[C@@H]3[C@@H](C2=O)[C@H]2C=C[C@@H]3C2)cc1[N+](=O)[O-]. The largest absolute Gasteiger partial charge is 0.454 e. The number of nitro benzene ring substituents is 1. The zero-order chi connectivity index (χ0) is 21.6. The number of carbonyl (C=O) groups excluding carboxylic acids is 4. The molecule has 0 aromatic heterocycles. The van der Waals surface area contributed by atoms with Gasteiger partial charge in [-0.1, -0.05) is 18.2 Å². The van der Waals surface area contributed by atoms with E-state index < -0.39 is 41.8 Å². The minimum Gasteiger partial charge on any atom is -0.454 e. The second kappa shape index (κ2) is 7.36. The number of nitrogens with zero attached hydrogens (tertiary/aromatic N) is 2. The van der Waals surface area contributed by atoms with Gasteiger partial charge in [-0.2, -0.15) is 0 Å². The first-order chi connectivity index (χ1) is 14.3. The van der Waals surface area contributed by atoms with E-state index in [-0.39, 0.29) is 35.0 Å². The number of esters is 1. The summed E-state index contributed by atoms with van der Waals surface area (Å²) in [5.74, 6) is -3.02. The minimum atomic E-state index is -0.873. The van der Waals surface area contributed by atoms with Crippen molar-refractivity contribution in [2.24, 2.45) is 23.7 Å². The van der Waals surface area contributed by atoms with Crippen LogP contribution in [0.5, 0.6) is 0 Å². The van der Waals surface area contributed by atoms with E-state index in [1.807, 2.05) is 12.2 Å². The van der Waals surface area contributed by atoms with E-state index in [4.69, 9.17) is 4.74 Å². The number of rotatable bonds is 6. The van der Waals surface area contributed by atoms with E-state index in [2.05, 4.69) is 5.32 Å². The molecule has 1 aliphatic heterocycles. The van der Waals surface area contributed by atoms with Crippen molar-refractivity contribution in [1.29, 1.82) is 0 Å². The van der Waals surface area contributed by atoms with Gasteiger partial charge in [0.15, 0.2) is 6.61 Å².